The van der Waals surface area contributed by atoms with Gasteiger partial charge in [-0.05, 0) is 42.5 Å². The van der Waals surface area contributed by atoms with Crippen LogP contribution in [0.4, 0.5) is 5.00 Å². The van der Waals surface area contributed by atoms with Gasteiger partial charge in [-0.15, -0.1) is 11.3 Å². The van der Waals surface area contributed by atoms with Crippen LogP contribution >= 0.6 is 11.3 Å². The fourth-order valence-electron chi connectivity index (χ4n) is 3.90. The number of hydrogen-bond donors (Lipinski definition) is 2. The highest BCUT2D eigenvalue weighted by molar-refractivity contribution is 7.14. The average Bonchev–Trinajstić information content (AvgIpc) is 3.20. The third kappa shape index (κ3) is 2.39. The number of esters is 1. The molecule has 3 rings (SSSR count). The lowest BCUT2D eigenvalue weighted by Gasteiger charge is -2.26. The number of amides is 1. The molecule has 6 nitrogen and oxygen atoms in total. The summed E-state index contributed by atoms with van der Waals surface area (Å²) in [5.74, 6) is -2.60. The Morgan fingerprint density at radius 1 is 1.27 bits per heavy atom. The van der Waals surface area contributed by atoms with Crippen molar-refractivity contribution in [1.82, 2.24) is 0 Å². The minimum Gasteiger partial charge on any atom is -0.481 e. The van der Waals surface area contributed by atoms with E-state index in [0.717, 1.165) is 19.3 Å². The van der Waals surface area contributed by atoms with Crippen LogP contribution in [0.3, 0.4) is 0 Å². The Morgan fingerprint density at radius 2 is 1.95 bits per heavy atom. The fraction of sp³-hybridized carbons (Fsp3) is 0.533. The zero-order valence-corrected chi connectivity index (χ0v) is 12.9. The van der Waals surface area contributed by atoms with E-state index in [1.165, 1.54) is 18.4 Å². The topological polar surface area (TPSA) is 92.7 Å². The normalized spacial score (nSPS) is 29.3. The monoisotopic (exact) mass is 323 g/mol. The highest BCUT2D eigenvalue weighted by Crippen LogP contribution is 2.52. The van der Waals surface area contributed by atoms with Gasteiger partial charge < -0.3 is 15.2 Å². The first-order chi connectivity index (χ1) is 10.5. The molecule has 22 heavy (non-hydrogen) atoms. The summed E-state index contributed by atoms with van der Waals surface area (Å²) >= 11 is 1.23. The van der Waals surface area contributed by atoms with Crippen molar-refractivity contribution >= 4 is 34.2 Å². The van der Waals surface area contributed by atoms with Crippen molar-refractivity contribution in [1.29, 1.82) is 0 Å². The second-order valence-corrected chi connectivity index (χ2v) is 6.78. The fourth-order valence-corrected chi connectivity index (χ4v) is 4.67. The van der Waals surface area contributed by atoms with E-state index >= 15 is 0 Å². The zero-order valence-electron chi connectivity index (χ0n) is 12.1. The molecule has 2 aliphatic carbocycles. The number of ether oxygens (including phenoxy) is 1. The number of nitrogens with one attached hydrogen (secondary N) is 1. The highest BCUT2D eigenvalue weighted by Gasteiger charge is 2.54. The number of thiophene rings is 1. The first-order valence-electron chi connectivity index (χ1n) is 7.22. The van der Waals surface area contributed by atoms with Crippen molar-refractivity contribution in [2.75, 3.05) is 12.4 Å². The number of anilines is 1. The molecule has 1 amide bonds. The molecule has 0 spiro atoms. The SMILES string of the molecule is COC(=O)c1ccsc1NC(=O)[C@@H]1[C@H]2CC[C@@H](C2)[C@H]1C(=O)O. The smallest absolute Gasteiger partial charge is 0.340 e. The molecule has 1 aromatic heterocycles. The molecule has 0 saturated heterocycles. The number of fused-ring (bicyclic) bond motifs is 2. The van der Waals surface area contributed by atoms with E-state index in [2.05, 4.69) is 10.1 Å². The van der Waals surface area contributed by atoms with Crippen LogP contribution in [-0.2, 0) is 14.3 Å². The standard InChI is InChI=1S/C15H17NO5S/c1-21-15(20)9-4-5-22-13(9)16-12(17)10-7-2-3-8(6-7)11(10)14(18)19/h4-5,7-8,10-11H,2-3,6H2,1H3,(H,16,17)(H,18,19)/t7-,8-,10+,11+/m0/s1. The van der Waals surface area contributed by atoms with Crippen LogP contribution in [0.5, 0.6) is 0 Å². The van der Waals surface area contributed by atoms with E-state index in [4.69, 9.17) is 0 Å². The van der Waals surface area contributed by atoms with Crippen molar-refractivity contribution in [3.05, 3.63) is 17.0 Å². The van der Waals surface area contributed by atoms with E-state index in [9.17, 15) is 19.5 Å². The molecule has 2 fully saturated rings. The Hall–Kier alpha value is -1.89. The van der Waals surface area contributed by atoms with Crippen LogP contribution in [0.2, 0.25) is 0 Å². The Labute approximate surface area is 131 Å². The summed E-state index contributed by atoms with van der Waals surface area (Å²) in [4.78, 5) is 35.7. The maximum Gasteiger partial charge on any atom is 0.340 e. The molecule has 2 bridgehead atoms. The van der Waals surface area contributed by atoms with Crippen LogP contribution in [0.15, 0.2) is 11.4 Å². The first kappa shape index (κ1) is 15.0. The Bertz CT molecular complexity index is 625. The molecule has 1 aromatic rings. The van der Waals surface area contributed by atoms with Gasteiger partial charge in [0, 0.05) is 0 Å². The number of methoxy groups -OCH3 is 1. The number of carboxylic acids is 1. The third-order valence-corrected chi connectivity index (χ3v) is 5.64. The molecule has 0 aromatic carbocycles. The zero-order chi connectivity index (χ0) is 15.9. The number of carbonyl (C=O) groups is 3. The van der Waals surface area contributed by atoms with Gasteiger partial charge in [0.15, 0.2) is 0 Å². The van der Waals surface area contributed by atoms with Gasteiger partial charge in [-0.25, -0.2) is 4.79 Å². The van der Waals surface area contributed by atoms with Crippen molar-refractivity contribution < 1.29 is 24.2 Å². The quantitative estimate of drug-likeness (QED) is 0.829. The predicted octanol–water partition coefficient (Wildman–Crippen LogP) is 2.22. The molecular weight excluding hydrogens is 306 g/mol. The van der Waals surface area contributed by atoms with E-state index in [1.807, 2.05) is 0 Å². The summed E-state index contributed by atoms with van der Waals surface area (Å²) in [5.41, 5.74) is 0.302. The largest absolute Gasteiger partial charge is 0.481 e. The lowest BCUT2D eigenvalue weighted by molar-refractivity contribution is -0.148. The second-order valence-electron chi connectivity index (χ2n) is 5.87. The molecule has 2 N–H and O–H groups in total. The Morgan fingerprint density at radius 3 is 2.59 bits per heavy atom. The molecule has 4 atom stereocenters. The first-order valence-corrected chi connectivity index (χ1v) is 8.10. The number of carboxylic acid groups (broad SMARTS) is 1. The van der Waals surface area contributed by atoms with Gasteiger partial charge in [-0.2, -0.15) is 0 Å². The van der Waals surface area contributed by atoms with Crippen LogP contribution in [-0.4, -0.2) is 30.1 Å². The van der Waals surface area contributed by atoms with Crippen molar-refractivity contribution in [3.8, 4) is 0 Å². The van der Waals surface area contributed by atoms with Crippen molar-refractivity contribution in [2.45, 2.75) is 19.3 Å². The lowest BCUT2D eigenvalue weighted by atomic mass is 9.79. The van der Waals surface area contributed by atoms with E-state index < -0.39 is 23.8 Å². The average molecular weight is 323 g/mol. The van der Waals surface area contributed by atoms with Crippen molar-refractivity contribution in [3.63, 3.8) is 0 Å². The molecular formula is C15H17NO5S. The Kier molecular flexibility index (Phi) is 3.90. The lowest BCUT2D eigenvalue weighted by Crippen LogP contribution is -2.37. The van der Waals surface area contributed by atoms with Gasteiger partial charge in [0.2, 0.25) is 5.91 Å². The summed E-state index contributed by atoms with van der Waals surface area (Å²) in [6, 6.07) is 1.58. The van der Waals surface area contributed by atoms with E-state index in [0.29, 0.717) is 10.6 Å². The van der Waals surface area contributed by atoms with Crippen LogP contribution in [0, 0.1) is 23.7 Å². The summed E-state index contributed by atoms with van der Waals surface area (Å²) < 4.78 is 4.67. The van der Waals surface area contributed by atoms with Gasteiger partial charge >= 0.3 is 11.9 Å². The minimum atomic E-state index is -0.897. The molecule has 1 heterocycles. The van der Waals surface area contributed by atoms with Crippen LogP contribution < -0.4 is 5.32 Å². The van der Waals surface area contributed by atoms with Crippen LogP contribution in [0.1, 0.15) is 29.6 Å². The number of carbonyl (C=O) groups excluding carboxylic acids is 2. The molecule has 2 saturated carbocycles. The summed E-state index contributed by atoms with van der Waals surface area (Å²) in [6.45, 7) is 0. The van der Waals surface area contributed by atoms with E-state index in [-0.39, 0.29) is 17.7 Å². The third-order valence-electron chi connectivity index (χ3n) is 4.81. The van der Waals surface area contributed by atoms with Gasteiger partial charge in [0.05, 0.1) is 24.5 Å². The number of hydrogen-bond acceptors (Lipinski definition) is 5. The molecule has 0 aliphatic heterocycles. The predicted molar refractivity (Wildman–Crippen MR) is 79.7 cm³/mol. The molecule has 118 valence electrons. The van der Waals surface area contributed by atoms with Crippen LogP contribution in [0.25, 0.3) is 0 Å². The second kappa shape index (κ2) is 5.72. The molecule has 7 heteroatoms. The van der Waals surface area contributed by atoms with E-state index in [1.54, 1.807) is 11.4 Å². The van der Waals surface area contributed by atoms with Gasteiger partial charge in [0.1, 0.15) is 5.00 Å². The maximum absolute atomic E-state index is 12.6. The number of aliphatic carboxylic acids is 1. The molecule has 2 aliphatic rings. The summed E-state index contributed by atoms with van der Waals surface area (Å²) in [7, 11) is 1.28. The van der Waals surface area contributed by atoms with Crippen molar-refractivity contribution in [2.24, 2.45) is 23.7 Å². The highest BCUT2D eigenvalue weighted by atomic mass is 32.1. The van der Waals surface area contributed by atoms with Gasteiger partial charge in [-0.3, -0.25) is 9.59 Å². The minimum absolute atomic E-state index is 0.0988. The van der Waals surface area contributed by atoms with Gasteiger partial charge in [-0.1, -0.05) is 0 Å². The Balaban J connectivity index is 1.79. The summed E-state index contributed by atoms with van der Waals surface area (Å²) in [6.07, 6.45) is 2.60. The molecule has 0 radical (unpaired) electrons. The summed E-state index contributed by atoms with van der Waals surface area (Å²) in [5, 5.41) is 14.3. The van der Waals surface area contributed by atoms with Gasteiger partial charge in [0.25, 0.3) is 0 Å². The maximum atomic E-state index is 12.6. The molecule has 0 unspecified atom stereocenters. The number of rotatable bonds is 4.